The lowest BCUT2D eigenvalue weighted by atomic mass is 9.94. The van der Waals surface area contributed by atoms with Crippen LogP contribution in [0.5, 0.6) is 0 Å². The number of carbonyl (C=O) groups is 1. The molecule has 0 spiro atoms. The van der Waals surface area contributed by atoms with Crippen LogP contribution in [0, 0.1) is 11.3 Å². The van der Waals surface area contributed by atoms with E-state index in [1.54, 1.807) is 31.2 Å². The summed E-state index contributed by atoms with van der Waals surface area (Å²) in [5.41, 5.74) is 6.57. The quantitative estimate of drug-likeness (QED) is 0.691. The second-order valence-electron chi connectivity index (χ2n) is 6.89. The Hall–Kier alpha value is -4.13. The smallest absolute Gasteiger partial charge is 0.366 e. The van der Waals surface area contributed by atoms with E-state index in [9.17, 15) is 18.0 Å². The molecule has 31 heavy (non-hydrogen) atoms. The molecule has 0 fully saturated rings. The van der Waals surface area contributed by atoms with Gasteiger partial charge in [-0.3, -0.25) is 9.69 Å². The first-order valence-corrected chi connectivity index (χ1v) is 9.10. The fourth-order valence-electron chi connectivity index (χ4n) is 3.67. The predicted molar refractivity (Wildman–Crippen MR) is 105 cm³/mol. The lowest BCUT2D eigenvalue weighted by Gasteiger charge is -2.35. The van der Waals surface area contributed by atoms with E-state index in [4.69, 9.17) is 11.0 Å². The van der Waals surface area contributed by atoms with Gasteiger partial charge in [0.15, 0.2) is 0 Å². The van der Waals surface area contributed by atoms with Crippen LogP contribution in [0.4, 0.5) is 24.8 Å². The second-order valence-corrected chi connectivity index (χ2v) is 6.89. The topological polar surface area (TPSA) is 101 Å². The van der Waals surface area contributed by atoms with Crippen LogP contribution >= 0.6 is 0 Å². The summed E-state index contributed by atoms with van der Waals surface area (Å²) in [6, 6.07) is 12.5. The van der Waals surface area contributed by atoms with Gasteiger partial charge in [0, 0.05) is 11.4 Å². The molecule has 1 aliphatic rings. The molecule has 2 aromatic carbocycles. The van der Waals surface area contributed by atoms with Gasteiger partial charge in [-0.2, -0.15) is 28.5 Å². The van der Waals surface area contributed by atoms with Gasteiger partial charge in [0.25, 0.3) is 0 Å². The lowest BCUT2D eigenvalue weighted by molar-refractivity contribution is -0.137. The van der Waals surface area contributed by atoms with Crippen LogP contribution in [-0.2, 0) is 11.0 Å². The molecule has 156 valence electrons. The molecule has 7 nitrogen and oxygen atoms in total. The van der Waals surface area contributed by atoms with Gasteiger partial charge in [0.2, 0.25) is 11.9 Å². The number of amides is 1. The Labute approximate surface area is 174 Å². The first kappa shape index (κ1) is 20.2. The zero-order chi connectivity index (χ0) is 22.3. The number of halogens is 3. The normalized spacial score (nSPS) is 16.1. The molecular formula is C21H15F3N6O. The van der Waals surface area contributed by atoms with Crippen molar-refractivity contribution in [2.45, 2.75) is 19.1 Å². The van der Waals surface area contributed by atoms with Gasteiger partial charge in [-0.25, -0.2) is 4.68 Å². The number of hydrogen-bond donors (Lipinski definition) is 1. The number of carbonyl (C=O) groups excluding carboxylic acids is 1. The highest BCUT2D eigenvalue weighted by Crippen LogP contribution is 2.42. The number of rotatable bonds is 3. The monoisotopic (exact) mass is 424 g/mol. The molecule has 2 heterocycles. The molecule has 2 N–H and O–H groups in total. The minimum atomic E-state index is -4.53. The SMILES string of the molecule is CC1=C(C(N)=O)[C@@H](c2ccc(C#N)cc2)n2ncnc2N1c1cccc(C(F)(F)F)c1. The largest absolute Gasteiger partial charge is 0.416 e. The summed E-state index contributed by atoms with van der Waals surface area (Å²) in [5.74, 6) is -0.513. The maximum Gasteiger partial charge on any atom is 0.416 e. The summed E-state index contributed by atoms with van der Waals surface area (Å²) in [6.07, 6.45) is -3.28. The number of fused-ring (bicyclic) bond motifs is 1. The molecule has 4 rings (SSSR count). The average molecular weight is 424 g/mol. The Morgan fingerprint density at radius 3 is 2.52 bits per heavy atom. The highest BCUT2D eigenvalue weighted by Gasteiger charge is 2.38. The van der Waals surface area contributed by atoms with Crippen molar-refractivity contribution in [3.05, 3.63) is 82.8 Å². The van der Waals surface area contributed by atoms with E-state index >= 15 is 0 Å². The first-order valence-electron chi connectivity index (χ1n) is 9.10. The molecule has 1 atom stereocenters. The number of anilines is 2. The van der Waals surface area contributed by atoms with Crippen LogP contribution in [0.3, 0.4) is 0 Å². The third-order valence-electron chi connectivity index (χ3n) is 5.05. The number of allylic oxidation sites excluding steroid dienone is 1. The van der Waals surface area contributed by atoms with Crippen molar-refractivity contribution in [2.24, 2.45) is 5.73 Å². The van der Waals surface area contributed by atoms with E-state index in [2.05, 4.69) is 10.1 Å². The van der Waals surface area contributed by atoms with Crippen LogP contribution in [-0.4, -0.2) is 20.7 Å². The molecule has 1 aromatic heterocycles. The van der Waals surface area contributed by atoms with Gasteiger partial charge in [-0.1, -0.05) is 18.2 Å². The molecule has 0 saturated heterocycles. The zero-order valence-electron chi connectivity index (χ0n) is 16.1. The zero-order valence-corrected chi connectivity index (χ0v) is 16.1. The summed E-state index contributed by atoms with van der Waals surface area (Å²) in [4.78, 5) is 18.1. The molecule has 0 bridgehead atoms. The number of nitrogens with two attached hydrogens (primary N) is 1. The maximum atomic E-state index is 13.3. The standard InChI is InChI=1S/C21H15F3N6O/c1-12-17(19(26)31)18(14-7-5-13(10-25)6-8-14)30-20(27-11-28-30)29(12)16-4-2-3-15(9-16)21(22,23)24/h2-9,11,18H,1H3,(H2,26,31)/t18-/m1/s1. The number of aromatic nitrogens is 3. The number of alkyl halides is 3. The van der Waals surface area contributed by atoms with E-state index in [1.165, 1.54) is 28.0 Å². The fourth-order valence-corrected chi connectivity index (χ4v) is 3.67. The first-order chi connectivity index (χ1) is 14.7. The summed E-state index contributed by atoms with van der Waals surface area (Å²) >= 11 is 0. The molecule has 1 aliphatic heterocycles. The van der Waals surface area contributed by atoms with Crippen LogP contribution in [0.1, 0.15) is 29.7 Å². The van der Waals surface area contributed by atoms with Crippen LogP contribution in [0.2, 0.25) is 0 Å². The molecule has 10 heteroatoms. The molecule has 0 saturated carbocycles. The van der Waals surface area contributed by atoms with E-state index < -0.39 is 23.7 Å². The van der Waals surface area contributed by atoms with Gasteiger partial charge in [-0.05, 0) is 42.8 Å². The van der Waals surface area contributed by atoms with Crippen LogP contribution in [0.15, 0.2) is 66.1 Å². The highest BCUT2D eigenvalue weighted by molar-refractivity contribution is 5.96. The molecule has 0 aliphatic carbocycles. The van der Waals surface area contributed by atoms with Crippen molar-refractivity contribution in [3.8, 4) is 6.07 Å². The third-order valence-corrected chi connectivity index (χ3v) is 5.05. The lowest BCUT2D eigenvalue weighted by Crippen LogP contribution is -2.36. The van der Waals surface area contributed by atoms with Crippen molar-refractivity contribution in [1.29, 1.82) is 5.26 Å². The Morgan fingerprint density at radius 2 is 1.90 bits per heavy atom. The van der Waals surface area contributed by atoms with Gasteiger partial charge in [0.05, 0.1) is 22.8 Å². The van der Waals surface area contributed by atoms with Gasteiger partial charge >= 0.3 is 6.18 Å². The highest BCUT2D eigenvalue weighted by atomic mass is 19.4. The van der Waals surface area contributed by atoms with E-state index in [1.807, 2.05) is 6.07 Å². The van der Waals surface area contributed by atoms with Crippen LogP contribution in [0.25, 0.3) is 0 Å². The summed E-state index contributed by atoms with van der Waals surface area (Å²) < 4.78 is 41.2. The number of nitrogens with zero attached hydrogens (tertiary/aromatic N) is 5. The minimum absolute atomic E-state index is 0.153. The van der Waals surface area contributed by atoms with Crippen molar-refractivity contribution in [1.82, 2.24) is 14.8 Å². The summed E-state index contributed by atoms with van der Waals surface area (Å²) in [7, 11) is 0. The summed E-state index contributed by atoms with van der Waals surface area (Å²) in [5, 5.41) is 13.2. The van der Waals surface area contributed by atoms with Crippen molar-refractivity contribution in [2.75, 3.05) is 4.90 Å². The Morgan fingerprint density at radius 1 is 1.19 bits per heavy atom. The Bertz CT molecular complexity index is 1240. The second kappa shape index (κ2) is 7.28. The minimum Gasteiger partial charge on any atom is -0.366 e. The number of nitriles is 1. The fraction of sp³-hybridized carbons (Fsp3) is 0.143. The van der Waals surface area contributed by atoms with Gasteiger partial charge in [0.1, 0.15) is 12.4 Å². The van der Waals surface area contributed by atoms with Gasteiger partial charge < -0.3 is 5.73 Å². The van der Waals surface area contributed by atoms with E-state index in [-0.39, 0.29) is 17.2 Å². The molecule has 0 unspecified atom stereocenters. The molecule has 3 aromatic rings. The molecule has 0 radical (unpaired) electrons. The maximum absolute atomic E-state index is 13.3. The van der Waals surface area contributed by atoms with Crippen molar-refractivity contribution >= 4 is 17.5 Å². The van der Waals surface area contributed by atoms with Crippen molar-refractivity contribution < 1.29 is 18.0 Å². The Kier molecular flexibility index (Phi) is 4.74. The third kappa shape index (κ3) is 3.40. The van der Waals surface area contributed by atoms with E-state index in [0.717, 1.165) is 12.1 Å². The summed E-state index contributed by atoms with van der Waals surface area (Å²) in [6.45, 7) is 1.59. The van der Waals surface area contributed by atoms with Crippen molar-refractivity contribution in [3.63, 3.8) is 0 Å². The number of benzene rings is 2. The Balaban J connectivity index is 1.92. The number of primary amides is 1. The molecule has 1 amide bonds. The molecular weight excluding hydrogens is 409 g/mol. The predicted octanol–water partition coefficient (Wildman–Crippen LogP) is 3.67. The van der Waals surface area contributed by atoms with E-state index in [0.29, 0.717) is 16.8 Å². The average Bonchev–Trinajstić information content (AvgIpc) is 3.21. The van der Waals surface area contributed by atoms with Crippen LogP contribution < -0.4 is 10.6 Å². The number of hydrogen-bond acceptors (Lipinski definition) is 5. The van der Waals surface area contributed by atoms with Gasteiger partial charge in [-0.15, -0.1) is 0 Å².